The highest BCUT2D eigenvalue weighted by Gasteiger charge is 2.49. The van der Waals surface area contributed by atoms with Crippen LogP contribution in [0.4, 0.5) is 4.79 Å². The van der Waals surface area contributed by atoms with Crippen molar-refractivity contribution in [2.75, 3.05) is 6.54 Å². The molecule has 4 heteroatoms. The lowest BCUT2D eigenvalue weighted by Gasteiger charge is -2.27. The van der Waals surface area contributed by atoms with Crippen molar-refractivity contribution in [3.63, 3.8) is 0 Å². The Morgan fingerprint density at radius 1 is 0.833 bits per heavy atom. The van der Waals surface area contributed by atoms with Gasteiger partial charge >= 0.3 is 6.03 Å². The van der Waals surface area contributed by atoms with Gasteiger partial charge in [0.15, 0.2) is 0 Å². The number of carbonyl (C=O) groups is 2. The van der Waals surface area contributed by atoms with Gasteiger partial charge in [-0.2, -0.15) is 0 Å². The number of hydrogen-bond donors (Lipinski definition) is 0. The molecule has 2 aromatic carbocycles. The molecular weight excluding hydrogens is 300 g/mol. The van der Waals surface area contributed by atoms with Crippen molar-refractivity contribution in [1.82, 2.24) is 9.80 Å². The van der Waals surface area contributed by atoms with Crippen LogP contribution in [0.1, 0.15) is 36.4 Å². The van der Waals surface area contributed by atoms with E-state index in [9.17, 15) is 9.59 Å². The molecule has 0 aliphatic carbocycles. The highest BCUT2D eigenvalue weighted by atomic mass is 16.2. The van der Waals surface area contributed by atoms with Gasteiger partial charge in [-0.15, -0.1) is 0 Å². The first-order valence-electron chi connectivity index (χ1n) is 8.51. The third-order valence-electron chi connectivity index (χ3n) is 4.97. The smallest absolute Gasteiger partial charge is 0.312 e. The molecule has 4 nitrogen and oxygen atoms in total. The number of fused-ring (bicyclic) bond motifs is 1. The molecule has 4 rings (SSSR count). The Bertz CT molecular complexity index is 681. The van der Waals surface area contributed by atoms with Gasteiger partial charge in [0.1, 0.15) is 6.04 Å². The topological polar surface area (TPSA) is 40.6 Å². The van der Waals surface area contributed by atoms with Gasteiger partial charge in [-0.05, 0) is 30.4 Å². The highest BCUT2D eigenvalue weighted by molar-refractivity contribution is 6.05. The Labute approximate surface area is 141 Å². The van der Waals surface area contributed by atoms with Gasteiger partial charge in [-0.25, -0.2) is 4.79 Å². The predicted molar refractivity (Wildman–Crippen MR) is 91.3 cm³/mol. The summed E-state index contributed by atoms with van der Waals surface area (Å²) in [5.74, 6) is -0.0580. The second kappa shape index (κ2) is 6.11. The minimum atomic E-state index is -0.363. The van der Waals surface area contributed by atoms with E-state index in [4.69, 9.17) is 0 Å². The molecule has 2 saturated heterocycles. The molecule has 1 unspecified atom stereocenters. The standard InChI is InChI=1S/C20H20N2O2/c23-19-17-13-7-8-14-21(17)20(24)22(19)18(15-9-3-1-4-10-15)16-11-5-2-6-12-16/h1-6,9-12,17-18H,7-8,13-14H2. The maximum absolute atomic E-state index is 13.0. The maximum Gasteiger partial charge on any atom is 0.328 e. The van der Waals surface area contributed by atoms with Crippen LogP contribution >= 0.6 is 0 Å². The summed E-state index contributed by atoms with van der Waals surface area (Å²) in [7, 11) is 0. The molecular formula is C20H20N2O2. The summed E-state index contributed by atoms with van der Waals surface area (Å²) in [6.07, 6.45) is 2.76. The van der Waals surface area contributed by atoms with Gasteiger partial charge in [0.25, 0.3) is 5.91 Å². The molecule has 2 aliphatic rings. The van der Waals surface area contributed by atoms with Crippen molar-refractivity contribution in [2.45, 2.75) is 31.3 Å². The lowest BCUT2D eigenvalue weighted by molar-refractivity contribution is -0.129. The first-order chi connectivity index (χ1) is 11.8. The van der Waals surface area contributed by atoms with E-state index in [1.165, 1.54) is 4.90 Å². The highest BCUT2D eigenvalue weighted by Crippen LogP contribution is 2.36. The number of hydrogen-bond acceptors (Lipinski definition) is 2. The molecule has 3 amide bonds. The van der Waals surface area contributed by atoms with Gasteiger partial charge in [-0.3, -0.25) is 9.69 Å². The maximum atomic E-state index is 13.0. The van der Waals surface area contributed by atoms with Crippen LogP contribution < -0.4 is 0 Å². The molecule has 0 bridgehead atoms. The monoisotopic (exact) mass is 320 g/mol. The van der Waals surface area contributed by atoms with Crippen LogP contribution in [-0.4, -0.2) is 34.3 Å². The zero-order valence-electron chi connectivity index (χ0n) is 13.5. The number of piperidine rings is 1. The Morgan fingerprint density at radius 3 is 1.96 bits per heavy atom. The second-order valence-corrected chi connectivity index (χ2v) is 6.42. The van der Waals surface area contributed by atoms with Crippen LogP contribution in [0.3, 0.4) is 0 Å². The van der Waals surface area contributed by atoms with Crippen LogP contribution in [0, 0.1) is 0 Å². The summed E-state index contributed by atoms with van der Waals surface area (Å²) in [5.41, 5.74) is 1.93. The minimum Gasteiger partial charge on any atom is -0.312 e. The molecule has 2 aliphatic heterocycles. The Kier molecular flexibility index (Phi) is 3.81. The quantitative estimate of drug-likeness (QED) is 0.811. The van der Waals surface area contributed by atoms with E-state index in [1.807, 2.05) is 60.7 Å². The number of urea groups is 1. The molecule has 2 fully saturated rings. The van der Waals surface area contributed by atoms with E-state index in [0.717, 1.165) is 30.4 Å². The number of carbonyl (C=O) groups excluding carboxylic acids is 2. The van der Waals surface area contributed by atoms with Gasteiger partial charge in [0.05, 0.1) is 6.04 Å². The summed E-state index contributed by atoms with van der Waals surface area (Å²) >= 11 is 0. The van der Waals surface area contributed by atoms with Gasteiger partial charge in [-0.1, -0.05) is 60.7 Å². The zero-order valence-corrected chi connectivity index (χ0v) is 13.5. The Hall–Kier alpha value is -2.62. The average molecular weight is 320 g/mol. The van der Waals surface area contributed by atoms with Crippen molar-refractivity contribution >= 4 is 11.9 Å². The number of nitrogens with zero attached hydrogens (tertiary/aromatic N) is 2. The van der Waals surface area contributed by atoms with E-state index < -0.39 is 0 Å². The summed E-state index contributed by atoms with van der Waals surface area (Å²) in [4.78, 5) is 29.2. The van der Waals surface area contributed by atoms with Crippen LogP contribution in [0.15, 0.2) is 60.7 Å². The lowest BCUT2D eigenvalue weighted by Crippen LogP contribution is -2.39. The van der Waals surface area contributed by atoms with E-state index in [2.05, 4.69) is 0 Å². The molecule has 0 spiro atoms. The molecule has 24 heavy (non-hydrogen) atoms. The summed E-state index contributed by atoms with van der Waals surface area (Å²) in [5, 5.41) is 0. The number of amides is 3. The van der Waals surface area contributed by atoms with Crippen LogP contribution in [0.5, 0.6) is 0 Å². The molecule has 2 aromatic rings. The van der Waals surface area contributed by atoms with E-state index >= 15 is 0 Å². The van der Waals surface area contributed by atoms with E-state index in [1.54, 1.807) is 4.90 Å². The first kappa shape index (κ1) is 14.9. The number of rotatable bonds is 3. The second-order valence-electron chi connectivity index (χ2n) is 6.42. The normalized spacial score (nSPS) is 20.6. The predicted octanol–water partition coefficient (Wildman–Crippen LogP) is 3.59. The molecule has 0 aromatic heterocycles. The lowest BCUT2D eigenvalue weighted by atomic mass is 9.96. The third-order valence-corrected chi connectivity index (χ3v) is 4.97. The van der Waals surface area contributed by atoms with Crippen molar-refractivity contribution in [3.8, 4) is 0 Å². The summed E-state index contributed by atoms with van der Waals surface area (Å²) < 4.78 is 0. The van der Waals surface area contributed by atoms with E-state index in [-0.39, 0.29) is 24.0 Å². The van der Waals surface area contributed by atoms with Crippen molar-refractivity contribution in [1.29, 1.82) is 0 Å². The van der Waals surface area contributed by atoms with Crippen molar-refractivity contribution < 1.29 is 9.59 Å². The van der Waals surface area contributed by atoms with Gasteiger partial charge in [0.2, 0.25) is 0 Å². The Balaban J connectivity index is 1.79. The summed E-state index contributed by atoms with van der Waals surface area (Å²) in [6, 6.07) is 18.8. The summed E-state index contributed by atoms with van der Waals surface area (Å²) in [6.45, 7) is 0.683. The van der Waals surface area contributed by atoms with Crippen molar-refractivity contribution in [3.05, 3.63) is 71.8 Å². The third kappa shape index (κ3) is 2.39. The number of imide groups is 1. The molecule has 1 atom stereocenters. The van der Waals surface area contributed by atoms with Gasteiger partial charge < -0.3 is 4.90 Å². The van der Waals surface area contributed by atoms with Crippen molar-refractivity contribution in [2.24, 2.45) is 0 Å². The molecule has 122 valence electrons. The molecule has 0 saturated carbocycles. The minimum absolute atomic E-state index is 0.0580. The van der Waals surface area contributed by atoms with E-state index in [0.29, 0.717) is 6.54 Å². The SMILES string of the molecule is O=C1C2CCCCN2C(=O)N1C(c1ccccc1)c1ccccc1. The fourth-order valence-electron chi connectivity index (χ4n) is 3.81. The fourth-order valence-corrected chi connectivity index (χ4v) is 3.81. The zero-order chi connectivity index (χ0) is 16.5. The van der Waals surface area contributed by atoms with Crippen LogP contribution in [0.25, 0.3) is 0 Å². The fraction of sp³-hybridized carbons (Fsp3) is 0.300. The van der Waals surface area contributed by atoms with Crippen LogP contribution in [-0.2, 0) is 4.79 Å². The molecule has 0 N–H and O–H groups in total. The Morgan fingerprint density at radius 2 is 1.42 bits per heavy atom. The number of benzene rings is 2. The molecule has 0 radical (unpaired) electrons. The first-order valence-corrected chi connectivity index (χ1v) is 8.51. The largest absolute Gasteiger partial charge is 0.328 e. The molecule has 2 heterocycles. The average Bonchev–Trinajstić information content (AvgIpc) is 2.90. The van der Waals surface area contributed by atoms with Gasteiger partial charge in [0, 0.05) is 6.54 Å². The van der Waals surface area contributed by atoms with Crippen LogP contribution in [0.2, 0.25) is 0 Å².